The monoisotopic (exact) mass is 254 g/mol. The van der Waals surface area contributed by atoms with E-state index in [0.717, 1.165) is 5.52 Å². The van der Waals surface area contributed by atoms with Gasteiger partial charge in [0.25, 0.3) is 0 Å². The van der Waals surface area contributed by atoms with E-state index in [9.17, 15) is 9.50 Å². The molecule has 0 fully saturated rings. The van der Waals surface area contributed by atoms with Crippen molar-refractivity contribution >= 4 is 11.0 Å². The van der Waals surface area contributed by atoms with Gasteiger partial charge in [-0.15, -0.1) is 0 Å². The normalized spacial score (nSPS) is 12.5. The Morgan fingerprint density at radius 3 is 2.47 bits per heavy atom. The van der Waals surface area contributed by atoms with E-state index < -0.39 is 11.9 Å². The van der Waals surface area contributed by atoms with Gasteiger partial charge in [-0.25, -0.2) is 4.39 Å². The first-order valence-electron chi connectivity index (χ1n) is 5.89. The molecule has 1 N–H and O–H groups in total. The predicted molar refractivity (Wildman–Crippen MR) is 70.0 cm³/mol. The molecule has 0 aliphatic carbocycles. The molecule has 3 nitrogen and oxygen atoms in total. The van der Waals surface area contributed by atoms with E-state index in [1.165, 1.54) is 6.07 Å². The van der Waals surface area contributed by atoms with Crippen LogP contribution in [0.4, 0.5) is 4.39 Å². The first kappa shape index (κ1) is 11.7. The Kier molecular flexibility index (Phi) is 2.93. The Labute approximate surface area is 109 Å². The van der Waals surface area contributed by atoms with Gasteiger partial charge in [0.05, 0.1) is 11.0 Å². The summed E-state index contributed by atoms with van der Waals surface area (Å²) in [6.45, 7) is 0. The van der Waals surface area contributed by atoms with Crippen LogP contribution >= 0.6 is 0 Å². The van der Waals surface area contributed by atoms with E-state index in [2.05, 4.69) is 9.97 Å². The summed E-state index contributed by atoms with van der Waals surface area (Å²) in [7, 11) is 0. The Morgan fingerprint density at radius 1 is 0.947 bits per heavy atom. The lowest BCUT2D eigenvalue weighted by molar-refractivity contribution is 0.215. The molecule has 3 rings (SSSR count). The highest BCUT2D eigenvalue weighted by molar-refractivity contribution is 5.74. The maximum atomic E-state index is 13.7. The highest BCUT2D eigenvalue weighted by Gasteiger charge is 2.14. The van der Waals surface area contributed by atoms with Gasteiger partial charge in [0.2, 0.25) is 0 Å². The van der Waals surface area contributed by atoms with Gasteiger partial charge in [-0.05, 0) is 23.8 Å². The average molecular weight is 254 g/mol. The number of aromatic nitrogens is 2. The third-order valence-electron chi connectivity index (χ3n) is 3.01. The molecule has 0 spiro atoms. The summed E-state index contributed by atoms with van der Waals surface area (Å²) in [5.41, 5.74) is 2.27. The van der Waals surface area contributed by atoms with E-state index in [1.54, 1.807) is 48.8 Å². The molecule has 0 saturated carbocycles. The highest BCUT2D eigenvalue weighted by Crippen LogP contribution is 2.25. The van der Waals surface area contributed by atoms with Gasteiger partial charge in [-0.2, -0.15) is 0 Å². The number of hydrogen-bond acceptors (Lipinski definition) is 3. The van der Waals surface area contributed by atoms with Gasteiger partial charge in [0.1, 0.15) is 11.9 Å². The third-order valence-corrected chi connectivity index (χ3v) is 3.01. The summed E-state index contributed by atoms with van der Waals surface area (Å²) in [6, 6.07) is 11.4. The fourth-order valence-corrected chi connectivity index (χ4v) is 2.03. The minimum atomic E-state index is -1.01. The lowest BCUT2D eigenvalue weighted by Crippen LogP contribution is -2.02. The quantitative estimate of drug-likeness (QED) is 0.764. The zero-order chi connectivity index (χ0) is 13.2. The molecule has 0 aliphatic rings. The molecule has 3 aromatic rings. The SMILES string of the molecule is OC(c1ccc2nccnc2c1)c1ccccc1F. The van der Waals surface area contributed by atoms with Crippen LogP contribution in [0.15, 0.2) is 54.9 Å². The number of benzene rings is 2. The molecule has 1 unspecified atom stereocenters. The Hall–Kier alpha value is -2.33. The summed E-state index contributed by atoms with van der Waals surface area (Å²) < 4.78 is 13.7. The minimum absolute atomic E-state index is 0.255. The molecule has 0 amide bonds. The van der Waals surface area contributed by atoms with E-state index in [0.29, 0.717) is 11.1 Å². The summed E-state index contributed by atoms with van der Waals surface area (Å²) >= 11 is 0. The molecule has 2 aromatic carbocycles. The fourth-order valence-electron chi connectivity index (χ4n) is 2.03. The predicted octanol–water partition coefficient (Wildman–Crippen LogP) is 2.85. The maximum Gasteiger partial charge on any atom is 0.129 e. The third kappa shape index (κ3) is 2.18. The number of nitrogens with zero attached hydrogens (tertiary/aromatic N) is 2. The fraction of sp³-hybridized carbons (Fsp3) is 0.0667. The zero-order valence-electron chi connectivity index (χ0n) is 9.99. The van der Waals surface area contributed by atoms with Crippen LogP contribution in [-0.4, -0.2) is 15.1 Å². The molecule has 0 bridgehead atoms. The van der Waals surface area contributed by atoms with Crippen molar-refractivity contribution < 1.29 is 9.50 Å². The van der Waals surface area contributed by atoms with E-state index in [1.807, 2.05) is 0 Å². The number of aliphatic hydroxyl groups excluding tert-OH is 1. The van der Waals surface area contributed by atoms with Gasteiger partial charge < -0.3 is 5.11 Å². The lowest BCUT2D eigenvalue weighted by atomic mass is 10.0. The zero-order valence-corrected chi connectivity index (χ0v) is 9.99. The molecule has 1 aromatic heterocycles. The Morgan fingerprint density at radius 2 is 1.68 bits per heavy atom. The number of fused-ring (bicyclic) bond motifs is 1. The maximum absolute atomic E-state index is 13.7. The summed E-state index contributed by atoms with van der Waals surface area (Å²) in [4.78, 5) is 8.33. The van der Waals surface area contributed by atoms with Crippen LogP contribution in [0.1, 0.15) is 17.2 Å². The van der Waals surface area contributed by atoms with Crippen LogP contribution in [0.25, 0.3) is 11.0 Å². The first-order valence-corrected chi connectivity index (χ1v) is 5.89. The highest BCUT2D eigenvalue weighted by atomic mass is 19.1. The van der Waals surface area contributed by atoms with Gasteiger partial charge in [0, 0.05) is 18.0 Å². The van der Waals surface area contributed by atoms with Crippen LogP contribution in [0, 0.1) is 5.82 Å². The molecule has 19 heavy (non-hydrogen) atoms. The molecule has 0 saturated heterocycles. The average Bonchev–Trinajstić information content (AvgIpc) is 2.46. The lowest BCUT2D eigenvalue weighted by Gasteiger charge is -2.12. The summed E-state index contributed by atoms with van der Waals surface area (Å²) in [6.07, 6.45) is 2.18. The van der Waals surface area contributed by atoms with E-state index >= 15 is 0 Å². The molecule has 94 valence electrons. The van der Waals surface area contributed by atoms with Crippen molar-refractivity contribution in [3.8, 4) is 0 Å². The van der Waals surface area contributed by atoms with Crippen LogP contribution < -0.4 is 0 Å². The molecule has 1 heterocycles. The Balaban J connectivity index is 2.07. The standard InChI is InChI=1S/C15H11FN2O/c16-12-4-2-1-3-11(12)15(19)10-5-6-13-14(9-10)18-8-7-17-13/h1-9,15,19H. The smallest absolute Gasteiger partial charge is 0.129 e. The van der Waals surface area contributed by atoms with Crippen LogP contribution in [0.2, 0.25) is 0 Å². The van der Waals surface area contributed by atoms with Crippen molar-refractivity contribution in [2.24, 2.45) is 0 Å². The minimum Gasteiger partial charge on any atom is -0.384 e. The molecular formula is C15H11FN2O. The van der Waals surface area contributed by atoms with Crippen molar-refractivity contribution in [1.29, 1.82) is 0 Å². The molecule has 0 aliphatic heterocycles. The second-order valence-electron chi connectivity index (χ2n) is 4.23. The summed E-state index contributed by atoms with van der Waals surface area (Å²) in [5.74, 6) is -0.422. The van der Waals surface area contributed by atoms with Crippen molar-refractivity contribution in [3.63, 3.8) is 0 Å². The second-order valence-corrected chi connectivity index (χ2v) is 4.23. The Bertz CT molecular complexity index is 730. The van der Waals surface area contributed by atoms with Crippen molar-refractivity contribution in [2.45, 2.75) is 6.10 Å². The number of aliphatic hydroxyl groups is 1. The van der Waals surface area contributed by atoms with Crippen molar-refractivity contribution in [3.05, 3.63) is 71.8 Å². The molecule has 0 radical (unpaired) electrons. The number of hydrogen-bond donors (Lipinski definition) is 1. The topological polar surface area (TPSA) is 46.0 Å². The van der Waals surface area contributed by atoms with Crippen molar-refractivity contribution in [1.82, 2.24) is 9.97 Å². The van der Waals surface area contributed by atoms with Crippen LogP contribution in [0.5, 0.6) is 0 Å². The molecular weight excluding hydrogens is 243 g/mol. The van der Waals surface area contributed by atoms with Gasteiger partial charge >= 0.3 is 0 Å². The summed E-state index contributed by atoms with van der Waals surface area (Å²) in [5, 5.41) is 10.2. The first-order chi connectivity index (χ1) is 9.25. The molecule has 1 atom stereocenters. The van der Waals surface area contributed by atoms with Crippen LogP contribution in [0.3, 0.4) is 0 Å². The molecule has 4 heteroatoms. The van der Waals surface area contributed by atoms with Gasteiger partial charge in [-0.1, -0.05) is 24.3 Å². The van der Waals surface area contributed by atoms with Crippen LogP contribution in [-0.2, 0) is 0 Å². The second kappa shape index (κ2) is 4.74. The largest absolute Gasteiger partial charge is 0.384 e. The van der Waals surface area contributed by atoms with Gasteiger partial charge in [0.15, 0.2) is 0 Å². The van der Waals surface area contributed by atoms with Gasteiger partial charge in [-0.3, -0.25) is 9.97 Å². The number of halogens is 1. The van der Waals surface area contributed by atoms with Crippen molar-refractivity contribution in [2.75, 3.05) is 0 Å². The number of rotatable bonds is 2. The van der Waals surface area contributed by atoms with E-state index in [4.69, 9.17) is 0 Å². The van der Waals surface area contributed by atoms with E-state index in [-0.39, 0.29) is 5.56 Å².